The first-order valence-electron chi connectivity index (χ1n) is 8.61. The summed E-state index contributed by atoms with van der Waals surface area (Å²) in [5.41, 5.74) is 1.22. The van der Waals surface area contributed by atoms with Crippen LogP contribution in [0.4, 0.5) is 0 Å². The molecule has 0 aromatic heterocycles. The Morgan fingerprint density at radius 3 is 2.50 bits per heavy atom. The second-order valence-electron chi connectivity index (χ2n) is 6.45. The van der Waals surface area contributed by atoms with Gasteiger partial charge in [0.2, 0.25) is 0 Å². The van der Waals surface area contributed by atoms with Crippen LogP contribution in [0.1, 0.15) is 52.9 Å². The number of rotatable bonds is 8. The van der Waals surface area contributed by atoms with Gasteiger partial charge in [0.1, 0.15) is 0 Å². The third-order valence-electron chi connectivity index (χ3n) is 4.94. The summed E-state index contributed by atoms with van der Waals surface area (Å²) in [4.78, 5) is 24.7. The molecule has 4 unspecified atom stereocenters. The molecule has 0 aromatic carbocycles. The largest absolute Gasteiger partial charge is 0.466 e. The highest BCUT2D eigenvalue weighted by Gasteiger charge is 2.54. The van der Waals surface area contributed by atoms with E-state index in [0.29, 0.717) is 13.2 Å². The van der Waals surface area contributed by atoms with Gasteiger partial charge in [0, 0.05) is 0 Å². The maximum atomic E-state index is 12.5. The van der Waals surface area contributed by atoms with Crippen LogP contribution in [0.15, 0.2) is 11.6 Å². The van der Waals surface area contributed by atoms with Gasteiger partial charge in [-0.15, -0.1) is 0 Å². The Labute approximate surface area is 133 Å². The lowest BCUT2D eigenvalue weighted by molar-refractivity contribution is -0.161. The van der Waals surface area contributed by atoms with Gasteiger partial charge >= 0.3 is 11.9 Å². The number of carbonyl (C=O) groups excluding carboxylic acids is 2. The fourth-order valence-corrected chi connectivity index (χ4v) is 3.87. The van der Waals surface area contributed by atoms with Crippen molar-refractivity contribution in [3.8, 4) is 0 Å². The standard InChI is InChI=1S/C18H28O4/c1-4-6-7-8-9-22-18(20)16-14-11-13(10-12(14)3)15(16)17(19)21-5-2/h10,13-16H,4-9,11H2,1-3H3. The van der Waals surface area contributed by atoms with Gasteiger partial charge in [0.25, 0.3) is 0 Å². The molecule has 2 bridgehead atoms. The Balaban J connectivity index is 1.95. The number of hydrogen-bond acceptors (Lipinski definition) is 4. The average Bonchev–Trinajstić information content (AvgIpc) is 3.03. The van der Waals surface area contributed by atoms with Crippen molar-refractivity contribution < 1.29 is 19.1 Å². The number of carbonyl (C=O) groups is 2. The third-order valence-corrected chi connectivity index (χ3v) is 4.94. The Hall–Kier alpha value is -1.32. The lowest BCUT2D eigenvalue weighted by Crippen LogP contribution is -2.36. The summed E-state index contributed by atoms with van der Waals surface area (Å²) in [5, 5.41) is 0. The van der Waals surface area contributed by atoms with Gasteiger partial charge in [-0.25, -0.2) is 0 Å². The minimum absolute atomic E-state index is 0.140. The van der Waals surface area contributed by atoms with Gasteiger partial charge in [0.05, 0.1) is 25.0 Å². The van der Waals surface area contributed by atoms with Crippen LogP contribution in [0.3, 0.4) is 0 Å². The first-order valence-corrected chi connectivity index (χ1v) is 8.61. The van der Waals surface area contributed by atoms with Crippen LogP contribution in [-0.4, -0.2) is 25.2 Å². The Kier molecular flexibility index (Phi) is 6.04. The molecular weight excluding hydrogens is 280 g/mol. The average molecular weight is 308 g/mol. The van der Waals surface area contributed by atoms with Crippen LogP contribution >= 0.6 is 0 Å². The highest BCUT2D eigenvalue weighted by Crippen LogP contribution is 2.52. The zero-order valence-corrected chi connectivity index (χ0v) is 14.0. The number of ether oxygens (including phenoxy) is 2. The van der Waals surface area contributed by atoms with Gasteiger partial charge < -0.3 is 9.47 Å². The molecular formula is C18H28O4. The molecule has 0 aliphatic heterocycles. The van der Waals surface area contributed by atoms with Crippen molar-refractivity contribution in [3.63, 3.8) is 0 Å². The van der Waals surface area contributed by atoms with E-state index in [1.165, 1.54) is 12.0 Å². The van der Waals surface area contributed by atoms with Crippen LogP contribution in [-0.2, 0) is 19.1 Å². The van der Waals surface area contributed by atoms with E-state index in [2.05, 4.69) is 13.0 Å². The van der Waals surface area contributed by atoms with E-state index in [1.54, 1.807) is 6.92 Å². The SMILES string of the molecule is CCCCCCOC(=O)C1C2CC(C=C2C)C1C(=O)OCC. The molecule has 2 rings (SSSR count). The van der Waals surface area contributed by atoms with Crippen LogP contribution < -0.4 is 0 Å². The molecule has 0 radical (unpaired) electrons. The second kappa shape index (κ2) is 7.80. The molecule has 4 atom stereocenters. The van der Waals surface area contributed by atoms with E-state index >= 15 is 0 Å². The number of hydrogen-bond donors (Lipinski definition) is 0. The molecule has 1 fully saturated rings. The summed E-state index contributed by atoms with van der Waals surface area (Å²) >= 11 is 0. The minimum atomic E-state index is -0.350. The molecule has 22 heavy (non-hydrogen) atoms. The Morgan fingerprint density at radius 2 is 1.82 bits per heavy atom. The fraction of sp³-hybridized carbons (Fsp3) is 0.778. The van der Waals surface area contributed by atoms with E-state index in [4.69, 9.17) is 9.47 Å². The first-order chi connectivity index (χ1) is 10.6. The molecule has 0 saturated heterocycles. The van der Waals surface area contributed by atoms with E-state index in [1.807, 2.05) is 6.92 Å². The number of fused-ring (bicyclic) bond motifs is 2. The van der Waals surface area contributed by atoms with Gasteiger partial charge in [0.15, 0.2) is 0 Å². The molecule has 0 N–H and O–H groups in total. The molecule has 0 aromatic rings. The zero-order chi connectivity index (χ0) is 16.1. The molecule has 0 heterocycles. The molecule has 2 aliphatic carbocycles. The van der Waals surface area contributed by atoms with Gasteiger partial charge in [-0.3, -0.25) is 9.59 Å². The minimum Gasteiger partial charge on any atom is -0.466 e. The molecule has 2 aliphatic rings. The third kappa shape index (κ3) is 3.53. The molecule has 4 nitrogen and oxygen atoms in total. The van der Waals surface area contributed by atoms with Crippen molar-refractivity contribution in [1.29, 1.82) is 0 Å². The molecule has 0 spiro atoms. The normalized spacial score (nSPS) is 29.3. The predicted octanol–water partition coefficient (Wildman–Crippen LogP) is 3.50. The van der Waals surface area contributed by atoms with Crippen molar-refractivity contribution in [1.82, 2.24) is 0 Å². The molecule has 4 heteroatoms. The Bertz CT molecular complexity index is 440. The number of esters is 2. The van der Waals surface area contributed by atoms with E-state index in [9.17, 15) is 9.59 Å². The number of unbranched alkanes of at least 4 members (excludes halogenated alkanes) is 3. The van der Waals surface area contributed by atoms with E-state index in [-0.39, 0.29) is 35.6 Å². The predicted molar refractivity (Wildman–Crippen MR) is 84.1 cm³/mol. The van der Waals surface area contributed by atoms with E-state index in [0.717, 1.165) is 25.7 Å². The lowest BCUT2D eigenvalue weighted by atomic mass is 9.80. The van der Waals surface area contributed by atoms with Gasteiger partial charge in [-0.2, -0.15) is 0 Å². The summed E-state index contributed by atoms with van der Waals surface area (Å²) in [6.07, 6.45) is 7.33. The molecule has 124 valence electrons. The smallest absolute Gasteiger partial charge is 0.310 e. The summed E-state index contributed by atoms with van der Waals surface area (Å²) in [5.74, 6) is -0.859. The van der Waals surface area contributed by atoms with Gasteiger partial charge in [-0.1, -0.05) is 37.8 Å². The van der Waals surface area contributed by atoms with Crippen LogP contribution in [0.25, 0.3) is 0 Å². The van der Waals surface area contributed by atoms with Crippen molar-refractivity contribution in [2.75, 3.05) is 13.2 Å². The fourth-order valence-electron chi connectivity index (χ4n) is 3.87. The molecule has 1 saturated carbocycles. The van der Waals surface area contributed by atoms with Crippen molar-refractivity contribution in [2.45, 2.75) is 52.9 Å². The Morgan fingerprint density at radius 1 is 1.09 bits per heavy atom. The van der Waals surface area contributed by atoms with Crippen molar-refractivity contribution >= 4 is 11.9 Å². The monoisotopic (exact) mass is 308 g/mol. The summed E-state index contributed by atoms with van der Waals surface area (Å²) < 4.78 is 10.6. The highest BCUT2D eigenvalue weighted by molar-refractivity contribution is 5.84. The van der Waals surface area contributed by atoms with Gasteiger partial charge in [-0.05, 0) is 38.5 Å². The van der Waals surface area contributed by atoms with Crippen LogP contribution in [0, 0.1) is 23.7 Å². The quantitative estimate of drug-likeness (QED) is 0.391. The van der Waals surface area contributed by atoms with Crippen molar-refractivity contribution in [2.24, 2.45) is 23.7 Å². The summed E-state index contributed by atoms with van der Waals surface area (Å²) in [6.45, 7) is 6.82. The molecule has 0 amide bonds. The number of allylic oxidation sites excluding steroid dienone is 2. The first kappa shape index (κ1) is 17.0. The summed E-state index contributed by atoms with van der Waals surface area (Å²) in [6, 6.07) is 0. The topological polar surface area (TPSA) is 52.6 Å². The van der Waals surface area contributed by atoms with Crippen LogP contribution in [0.5, 0.6) is 0 Å². The maximum Gasteiger partial charge on any atom is 0.310 e. The summed E-state index contributed by atoms with van der Waals surface area (Å²) in [7, 11) is 0. The zero-order valence-electron chi connectivity index (χ0n) is 14.0. The van der Waals surface area contributed by atoms with Crippen molar-refractivity contribution in [3.05, 3.63) is 11.6 Å². The van der Waals surface area contributed by atoms with Crippen LogP contribution in [0.2, 0.25) is 0 Å². The highest BCUT2D eigenvalue weighted by atomic mass is 16.5. The van der Waals surface area contributed by atoms with E-state index < -0.39 is 0 Å². The maximum absolute atomic E-state index is 12.5. The lowest BCUT2D eigenvalue weighted by Gasteiger charge is -2.27. The second-order valence-corrected chi connectivity index (χ2v) is 6.45.